The molecule has 6 heteroatoms. The maximum atomic E-state index is 5.60. The second kappa shape index (κ2) is 7.04. The molecule has 0 radical (unpaired) electrons. The Morgan fingerprint density at radius 2 is 2.11 bits per heavy atom. The lowest BCUT2D eigenvalue weighted by Gasteiger charge is -2.02. The zero-order valence-corrected chi connectivity index (χ0v) is 11.7. The smallest absolute Gasteiger partial charge is 0.264 e. The van der Waals surface area contributed by atoms with Gasteiger partial charge in [-0.2, -0.15) is 16.7 Å². The van der Waals surface area contributed by atoms with Crippen molar-refractivity contribution in [3.05, 3.63) is 36.0 Å². The summed E-state index contributed by atoms with van der Waals surface area (Å²) in [5.41, 5.74) is 6.31. The van der Waals surface area contributed by atoms with E-state index in [4.69, 9.17) is 15.0 Å². The van der Waals surface area contributed by atoms with Gasteiger partial charge in [-0.05, 0) is 36.4 Å². The Morgan fingerprint density at radius 1 is 1.32 bits per heavy atom. The molecule has 0 fully saturated rings. The standard InChI is InChI=1S/C13H17N3O2S/c1-2-7-19-9-12-15-13(18-16-12)8-17-11-5-3-10(14)4-6-11/h3-6H,2,7-9,14H2,1H3. The Balaban J connectivity index is 1.81. The fourth-order valence-corrected chi connectivity index (χ4v) is 2.16. The maximum absolute atomic E-state index is 5.60. The minimum absolute atomic E-state index is 0.273. The van der Waals surface area contributed by atoms with Crippen LogP contribution >= 0.6 is 11.8 Å². The first-order chi connectivity index (χ1) is 9.28. The number of nitrogen functional groups attached to an aromatic ring is 1. The molecule has 0 unspecified atom stereocenters. The van der Waals surface area contributed by atoms with Crippen LogP contribution in [0, 0.1) is 0 Å². The van der Waals surface area contributed by atoms with Crippen LogP contribution in [0.2, 0.25) is 0 Å². The second-order valence-electron chi connectivity index (χ2n) is 4.01. The number of benzene rings is 1. The molecule has 2 aromatic rings. The third kappa shape index (κ3) is 4.48. The van der Waals surface area contributed by atoms with E-state index in [-0.39, 0.29) is 6.61 Å². The van der Waals surface area contributed by atoms with Gasteiger partial charge in [-0.25, -0.2) is 0 Å². The van der Waals surface area contributed by atoms with Crippen molar-refractivity contribution in [2.45, 2.75) is 25.7 Å². The van der Waals surface area contributed by atoms with Crippen molar-refractivity contribution in [3.8, 4) is 5.75 Å². The number of ether oxygens (including phenoxy) is 1. The zero-order valence-electron chi connectivity index (χ0n) is 10.8. The number of rotatable bonds is 7. The maximum Gasteiger partial charge on any atom is 0.264 e. The Bertz CT molecular complexity index is 499. The van der Waals surface area contributed by atoms with Gasteiger partial charge < -0.3 is 15.0 Å². The molecule has 0 amide bonds. The highest BCUT2D eigenvalue weighted by Crippen LogP contribution is 2.15. The number of nitrogens with zero attached hydrogens (tertiary/aromatic N) is 2. The Morgan fingerprint density at radius 3 is 2.84 bits per heavy atom. The predicted octanol–water partition coefficient (Wildman–Crippen LogP) is 2.87. The first-order valence-corrected chi connectivity index (χ1v) is 7.31. The quantitative estimate of drug-likeness (QED) is 0.620. The minimum atomic E-state index is 0.273. The number of nitrogens with two attached hydrogens (primary N) is 1. The summed E-state index contributed by atoms with van der Waals surface area (Å²) < 4.78 is 10.6. The van der Waals surface area contributed by atoms with E-state index in [1.165, 1.54) is 0 Å². The Kier molecular flexibility index (Phi) is 5.09. The molecule has 1 aromatic heterocycles. The van der Waals surface area contributed by atoms with Crippen molar-refractivity contribution in [1.29, 1.82) is 0 Å². The van der Waals surface area contributed by atoms with Crippen molar-refractivity contribution in [2.75, 3.05) is 11.5 Å². The number of anilines is 1. The van der Waals surface area contributed by atoms with Crippen LogP contribution in [0.15, 0.2) is 28.8 Å². The Labute approximate surface area is 116 Å². The normalized spacial score (nSPS) is 10.6. The summed E-state index contributed by atoms with van der Waals surface area (Å²) in [6.07, 6.45) is 1.15. The molecule has 0 spiro atoms. The fourth-order valence-electron chi connectivity index (χ4n) is 1.42. The van der Waals surface area contributed by atoms with Crippen LogP contribution in [-0.4, -0.2) is 15.9 Å². The van der Waals surface area contributed by atoms with Gasteiger partial charge in [-0.1, -0.05) is 12.1 Å². The fraction of sp³-hybridized carbons (Fsp3) is 0.385. The first kappa shape index (κ1) is 13.7. The number of hydrogen-bond donors (Lipinski definition) is 1. The summed E-state index contributed by atoms with van der Waals surface area (Å²) in [4.78, 5) is 4.27. The van der Waals surface area contributed by atoms with Crippen LogP contribution in [0.25, 0.3) is 0 Å². The first-order valence-electron chi connectivity index (χ1n) is 6.15. The minimum Gasteiger partial charge on any atom is -0.484 e. The molecule has 0 saturated heterocycles. The lowest BCUT2D eigenvalue weighted by molar-refractivity contribution is 0.242. The van der Waals surface area contributed by atoms with E-state index in [9.17, 15) is 0 Å². The van der Waals surface area contributed by atoms with E-state index in [0.29, 0.717) is 17.4 Å². The summed E-state index contributed by atoms with van der Waals surface area (Å²) in [6, 6.07) is 7.19. The van der Waals surface area contributed by atoms with Crippen LogP contribution < -0.4 is 10.5 Å². The van der Waals surface area contributed by atoms with Gasteiger partial charge in [0.1, 0.15) is 5.75 Å². The molecule has 0 aliphatic carbocycles. The van der Waals surface area contributed by atoms with E-state index in [2.05, 4.69) is 17.1 Å². The highest BCUT2D eigenvalue weighted by molar-refractivity contribution is 7.98. The van der Waals surface area contributed by atoms with Crippen molar-refractivity contribution >= 4 is 17.4 Å². The van der Waals surface area contributed by atoms with E-state index in [1.54, 1.807) is 23.9 Å². The van der Waals surface area contributed by atoms with E-state index >= 15 is 0 Å². The molecule has 1 aromatic carbocycles. The number of aromatic nitrogens is 2. The lowest BCUT2D eigenvalue weighted by Crippen LogP contribution is -1.96. The van der Waals surface area contributed by atoms with Gasteiger partial charge in [0.25, 0.3) is 5.89 Å². The molecule has 102 valence electrons. The van der Waals surface area contributed by atoms with Crippen LogP contribution in [0.4, 0.5) is 5.69 Å². The molecule has 0 aliphatic rings. The molecular weight excluding hydrogens is 262 g/mol. The van der Waals surface area contributed by atoms with Crippen LogP contribution in [0.3, 0.4) is 0 Å². The van der Waals surface area contributed by atoms with Crippen molar-refractivity contribution in [1.82, 2.24) is 10.1 Å². The zero-order chi connectivity index (χ0) is 13.5. The van der Waals surface area contributed by atoms with Crippen LogP contribution in [-0.2, 0) is 12.4 Å². The van der Waals surface area contributed by atoms with Gasteiger partial charge in [-0.3, -0.25) is 0 Å². The average Bonchev–Trinajstić information content (AvgIpc) is 2.86. The summed E-state index contributed by atoms with van der Waals surface area (Å²) in [7, 11) is 0. The molecule has 2 N–H and O–H groups in total. The van der Waals surface area contributed by atoms with Gasteiger partial charge in [0.05, 0.1) is 5.75 Å². The summed E-state index contributed by atoms with van der Waals surface area (Å²) in [5.74, 6) is 3.82. The molecule has 5 nitrogen and oxygen atoms in total. The van der Waals surface area contributed by atoms with Gasteiger partial charge >= 0.3 is 0 Å². The Hall–Kier alpha value is -1.69. The molecule has 0 saturated carbocycles. The monoisotopic (exact) mass is 279 g/mol. The topological polar surface area (TPSA) is 74.2 Å². The van der Waals surface area contributed by atoms with Gasteiger partial charge in [0.2, 0.25) is 0 Å². The second-order valence-corrected chi connectivity index (χ2v) is 5.12. The van der Waals surface area contributed by atoms with Crippen molar-refractivity contribution in [2.24, 2.45) is 0 Å². The molecule has 1 heterocycles. The summed E-state index contributed by atoms with van der Waals surface area (Å²) >= 11 is 1.80. The summed E-state index contributed by atoms with van der Waals surface area (Å²) in [6.45, 7) is 2.42. The lowest BCUT2D eigenvalue weighted by atomic mass is 10.3. The molecule has 0 atom stereocenters. The molecule has 19 heavy (non-hydrogen) atoms. The molecule has 2 rings (SSSR count). The van der Waals surface area contributed by atoms with Crippen molar-refractivity contribution in [3.63, 3.8) is 0 Å². The third-order valence-corrected chi connectivity index (χ3v) is 3.49. The predicted molar refractivity (Wildman–Crippen MR) is 75.9 cm³/mol. The summed E-state index contributed by atoms with van der Waals surface area (Å²) in [5, 5.41) is 3.91. The number of thioether (sulfide) groups is 1. The van der Waals surface area contributed by atoms with Gasteiger partial charge in [-0.15, -0.1) is 0 Å². The SMILES string of the molecule is CCCSCc1noc(COc2ccc(N)cc2)n1. The van der Waals surface area contributed by atoms with Gasteiger partial charge in [0, 0.05) is 5.69 Å². The third-order valence-electron chi connectivity index (χ3n) is 2.33. The highest BCUT2D eigenvalue weighted by atomic mass is 32.2. The van der Waals surface area contributed by atoms with Crippen LogP contribution in [0.1, 0.15) is 25.1 Å². The largest absolute Gasteiger partial charge is 0.484 e. The average molecular weight is 279 g/mol. The molecular formula is C13H17N3O2S. The van der Waals surface area contributed by atoms with E-state index < -0.39 is 0 Å². The van der Waals surface area contributed by atoms with Gasteiger partial charge in [0.15, 0.2) is 12.4 Å². The molecule has 0 bridgehead atoms. The number of hydrogen-bond acceptors (Lipinski definition) is 6. The molecule has 0 aliphatic heterocycles. The van der Waals surface area contributed by atoms with Crippen molar-refractivity contribution < 1.29 is 9.26 Å². The van der Waals surface area contributed by atoms with E-state index in [1.807, 2.05) is 12.1 Å². The van der Waals surface area contributed by atoms with E-state index in [0.717, 1.165) is 23.7 Å². The van der Waals surface area contributed by atoms with Crippen LogP contribution in [0.5, 0.6) is 5.75 Å². The highest BCUT2D eigenvalue weighted by Gasteiger charge is 2.06.